The maximum atomic E-state index is 11.6. The van der Waals surface area contributed by atoms with Gasteiger partial charge in [-0.1, -0.05) is 42.5 Å². The Kier molecular flexibility index (Phi) is 3.98. The van der Waals surface area contributed by atoms with Crippen molar-refractivity contribution < 1.29 is 9.53 Å². The molecule has 0 atom stereocenters. The Labute approximate surface area is 112 Å². The van der Waals surface area contributed by atoms with Gasteiger partial charge in [0.05, 0.1) is 7.11 Å². The molecule has 0 aromatic heterocycles. The molecule has 0 bridgehead atoms. The summed E-state index contributed by atoms with van der Waals surface area (Å²) in [5.41, 5.74) is 7.64. The molecule has 0 unspecified atom stereocenters. The predicted octanol–water partition coefficient (Wildman–Crippen LogP) is 2.72. The summed E-state index contributed by atoms with van der Waals surface area (Å²) in [6, 6.07) is 16.8. The summed E-state index contributed by atoms with van der Waals surface area (Å²) in [7, 11) is 1.61. The molecule has 1 amide bonds. The normalized spacial score (nSPS) is 11.1. The predicted molar refractivity (Wildman–Crippen MR) is 76.5 cm³/mol. The highest BCUT2D eigenvalue weighted by molar-refractivity contribution is 6.23. The lowest BCUT2D eigenvalue weighted by Crippen LogP contribution is -2.12. The molecule has 2 N–H and O–H groups in total. The largest absolute Gasteiger partial charge is 0.497 e. The van der Waals surface area contributed by atoms with Gasteiger partial charge in [0.15, 0.2) is 0 Å². The Balaban J connectivity index is 2.38. The van der Waals surface area contributed by atoms with E-state index in [-0.39, 0.29) is 0 Å². The Hall–Kier alpha value is -2.55. The molecule has 2 rings (SSSR count). The summed E-state index contributed by atoms with van der Waals surface area (Å²) in [5.74, 6) is 0.333. The lowest BCUT2D eigenvalue weighted by atomic mass is 10.0. The summed E-state index contributed by atoms with van der Waals surface area (Å²) in [5, 5.41) is 0. The molecule has 0 aliphatic rings. The minimum atomic E-state index is -0.443. The van der Waals surface area contributed by atoms with E-state index in [0.717, 1.165) is 16.9 Å². The number of methoxy groups -OCH3 is 1. The molecule has 0 radical (unpaired) electrons. The van der Waals surface area contributed by atoms with E-state index < -0.39 is 5.91 Å². The molecule has 96 valence electrons. The van der Waals surface area contributed by atoms with Gasteiger partial charge in [0.2, 0.25) is 5.91 Å². The number of hydrogen-bond donors (Lipinski definition) is 1. The van der Waals surface area contributed by atoms with Crippen molar-refractivity contribution in [3.05, 3.63) is 65.7 Å². The first kappa shape index (κ1) is 12.9. The average molecular weight is 253 g/mol. The van der Waals surface area contributed by atoms with Crippen LogP contribution in [0.25, 0.3) is 11.6 Å². The van der Waals surface area contributed by atoms with Gasteiger partial charge in [0.1, 0.15) is 5.75 Å². The molecule has 0 spiro atoms. The summed E-state index contributed by atoms with van der Waals surface area (Å²) in [6.45, 7) is 0. The van der Waals surface area contributed by atoms with Crippen LogP contribution in [-0.2, 0) is 4.79 Å². The van der Waals surface area contributed by atoms with Crippen molar-refractivity contribution in [2.24, 2.45) is 5.73 Å². The smallest absolute Gasteiger partial charge is 0.249 e. The van der Waals surface area contributed by atoms with Gasteiger partial charge in [0, 0.05) is 5.57 Å². The van der Waals surface area contributed by atoms with Crippen molar-refractivity contribution in [2.45, 2.75) is 0 Å². The second kappa shape index (κ2) is 5.87. The Morgan fingerprint density at radius 3 is 2.21 bits per heavy atom. The van der Waals surface area contributed by atoms with E-state index in [1.807, 2.05) is 54.6 Å². The van der Waals surface area contributed by atoms with Crippen LogP contribution in [0.3, 0.4) is 0 Å². The highest BCUT2D eigenvalue weighted by Gasteiger charge is 2.07. The van der Waals surface area contributed by atoms with Crippen LogP contribution in [0, 0.1) is 0 Å². The monoisotopic (exact) mass is 253 g/mol. The molecule has 0 saturated carbocycles. The molecule has 19 heavy (non-hydrogen) atoms. The molecule has 2 aromatic rings. The topological polar surface area (TPSA) is 52.3 Å². The van der Waals surface area contributed by atoms with Crippen molar-refractivity contribution in [1.82, 2.24) is 0 Å². The van der Waals surface area contributed by atoms with Gasteiger partial charge in [-0.25, -0.2) is 0 Å². The molecule has 3 heteroatoms. The number of carbonyl (C=O) groups is 1. The van der Waals surface area contributed by atoms with E-state index >= 15 is 0 Å². The zero-order valence-electron chi connectivity index (χ0n) is 10.7. The fourth-order valence-electron chi connectivity index (χ4n) is 1.78. The zero-order valence-corrected chi connectivity index (χ0v) is 10.7. The number of nitrogens with two attached hydrogens (primary N) is 1. The van der Waals surface area contributed by atoms with Gasteiger partial charge >= 0.3 is 0 Å². The highest BCUT2D eigenvalue weighted by atomic mass is 16.5. The zero-order chi connectivity index (χ0) is 13.7. The van der Waals surface area contributed by atoms with Crippen molar-refractivity contribution in [3.8, 4) is 5.75 Å². The number of amides is 1. The Bertz CT molecular complexity index is 586. The Morgan fingerprint density at radius 2 is 1.68 bits per heavy atom. The number of hydrogen-bond acceptors (Lipinski definition) is 2. The van der Waals surface area contributed by atoms with Gasteiger partial charge < -0.3 is 10.5 Å². The maximum Gasteiger partial charge on any atom is 0.249 e. The third-order valence-corrected chi connectivity index (χ3v) is 2.78. The van der Waals surface area contributed by atoms with Gasteiger partial charge in [-0.05, 0) is 29.3 Å². The van der Waals surface area contributed by atoms with E-state index in [9.17, 15) is 4.79 Å². The van der Waals surface area contributed by atoms with Crippen LogP contribution in [0.2, 0.25) is 0 Å². The first-order chi connectivity index (χ1) is 9.20. The summed E-state index contributed by atoms with van der Waals surface area (Å²) in [6.07, 6.45) is 1.77. The molecule has 3 nitrogen and oxygen atoms in total. The third kappa shape index (κ3) is 3.22. The van der Waals surface area contributed by atoms with Crippen molar-refractivity contribution in [2.75, 3.05) is 7.11 Å². The summed E-state index contributed by atoms with van der Waals surface area (Å²) in [4.78, 5) is 11.6. The van der Waals surface area contributed by atoms with E-state index in [1.54, 1.807) is 13.2 Å². The number of rotatable bonds is 4. The lowest BCUT2D eigenvalue weighted by molar-refractivity contribution is -0.112. The highest BCUT2D eigenvalue weighted by Crippen LogP contribution is 2.19. The number of primary amides is 1. The van der Waals surface area contributed by atoms with Gasteiger partial charge in [-0.2, -0.15) is 0 Å². The second-order valence-electron chi connectivity index (χ2n) is 4.06. The van der Waals surface area contributed by atoms with Gasteiger partial charge in [0.25, 0.3) is 0 Å². The third-order valence-electron chi connectivity index (χ3n) is 2.78. The van der Waals surface area contributed by atoms with Crippen LogP contribution in [0.5, 0.6) is 5.75 Å². The van der Waals surface area contributed by atoms with Crippen LogP contribution in [0.15, 0.2) is 54.6 Å². The lowest BCUT2D eigenvalue weighted by Gasteiger charge is -2.04. The molecular formula is C16H15NO2. The van der Waals surface area contributed by atoms with E-state index in [0.29, 0.717) is 5.57 Å². The Morgan fingerprint density at radius 1 is 1.05 bits per heavy atom. The molecule has 0 heterocycles. The molecule has 0 fully saturated rings. The molecular weight excluding hydrogens is 238 g/mol. The molecule has 0 saturated heterocycles. The summed E-state index contributed by atoms with van der Waals surface area (Å²) < 4.78 is 5.09. The first-order valence-electron chi connectivity index (χ1n) is 5.91. The fourth-order valence-corrected chi connectivity index (χ4v) is 1.78. The minimum Gasteiger partial charge on any atom is -0.497 e. The average Bonchev–Trinajstić information content (AvgIpc) is 2.46. The molecule has 0 aliphatic heterocycles. The first-order valence-corrected chi connectivity index (χ1v) is 5.91. The number of benzene rings is 2. The van der Waals surface area contributed by atoms with Crippen LogP contribution >= 0.6 is 0 Å². The van der Waals surface area contributed by atoms with E-state index in [1.165, 1.54) is 0 Å². The van der Waals surface area contributed by atoms with Crippen LogP contribution in [0.4, 0.5) is 0 Å². The quantitative estimate of drug-likeness (QED) is 0.672. The van der Waals surface area contributed by atoms with Crippen molar-refractivity contribution in [1.29, 1.82) is 0 Å². The number of carbonyl (C=O) groups excluding carboxylic acids is 1. The van der Waals surface area contributed by atoms with E-state index in [2.05, 4.69) is 0 Å². The van der Waals surface area contributed by atoms with Crippen molar-refractivity contribution in [3.63, 3.8) is 0 Å². The minimum absolute atomic E-state index is 0.443. The molecule has 2 aromatic carbocycles. The standard InChI is InChI=1S/C16H15NO2/c1-19-14-9-7-12(8-10-14)11-15(16(17)18)13-5-3-2-4-6-13/h2-11H,1H3,(H2,17,18). The van der Waals surface area contributed by atoms with E-state index in [4.69, 9.17) is 10.5 Å². The van der Waals surface area contributed by atoms with Crippen LogP contribution < -0.4 is 10.5 Å². The van der Waals surface area contributed by atoms with Crippen LogP contribution in [-0.4, -0.2) is 13.0 Å². The molecule has 0 aliphatic carbocycles. The maximum absolute atomic E-state index is 11.6. The van der Waals surface area contributed by atoms with Crippen LogP contribution in [0.1, 0.15) is 11.1 Å². The van der Waals surface area contributed by atoms with Gasteiger partial charge in [-0.15, -0.1) is 0 Å². The van der Waals surface area contributed by atoms with Gasteiger partial charge in [-0.3, -0.25) is 4.79 Å². The van der Waals surface area contributed by atoms with Crippen molar-refractivity contribution >= 4 is 17.6 Å². The number of ether oxygens (including phenoxy) is 1. The summed E-state index contributed by atoms with van der Waals surface area (Å²) >= 11 is 0. The second-order valence-corrected chi connectivity index (χ2v) is 4.06. The fraction of sp³-hybridized carbons (Fsp3) is 0.0625. The SMILES string of the molecule is COc1ccc(C=C(C(N)=O)c2ccccc2)cc1.